The molecule has 0 fully saturated rings. The third kappa shape index (κ3) is 4.04. The molecule has 0 radical (unpaired) electrons. The maximum absolute atomic E-state index is 12.2. The summed E-state index contributed by atoms with van der Waals surface area (Å²) in [4.78, 5) is 24.2. The SMILES string of the molecule is COC(=O)C(=C=CC(O)(C(=O)OC)c1ccccc1)c1ccccc1. The van der Waals surface area contributed by atoms with Crippen LogP contribution in [0.1, 0.15) is 11.1 Å². The Morgan fingerprint density at radius 3 is 2.04 bits per heavy atom. The summed E-state index contributed by atoms with van der Waals surface area (Å²) in [6, 6.07) is 17.0. The largest absolute Gasteiger partial charge is 0.466 e. The quantitative estimate of drug-likeness (QED) is 0.515. The van der Waals surface area contributed by atoms with E-state index >= 15 is 0 Å². The predicted octanol–water partition coefficient (Wildman–Crippen LogP) is 2.46. The van der Waals surface area contributed by atoms with E-state index in [1.807, 2.05) is 0 Å². The Labute approximate surface area is 145 Å². The van der Waals surface area contributed by atoms with Gasteiger partial charge in [-0.25, -0.2) is 9.59 Å². The summed E-state index contributed by atoms with van der Waals surface area (Å²) in [5.74, 6) is -1.52. The summed E-state index contributed by atoms with van der Waals surface area (Å²) in [5.41, 5.74) is 1.56. The Morgan fingerprint density at radius 2 is 1.52 bits per heavy atom. The van der Waals surface area contributed by atoms with E-state index in [-0.39, 0.29) is 5.57 Å². The van der Waals surface area contributed by atoms with Crippen molar-refractivity contribution in [3.05, 3.63) is 83.6 Å². The molecule has 2 aromatic rings. The Hall–Kier alpha value is -3.14. The van der Waals surface area contributed by atoms with Gasteiger partial charge in [-0.2, -0.15) is 0 Å². The van der Waals surface area contributed by atoms with Crippen molar-refractivity contribution in [2.24, 2.45) is 0 Å². The lowest BCUT2D eigenvalue weighted by molar-refractivity contribution is -0.158. The number of hydrogen-bond donors (Lipinski definition) is 1. The van der Waals surface area contributed by atoms with Crippen LogP contribution in [-0.2, 0) is 24.7 Å². The highest BCUT2D eigenvalue weighted by molar-refractivity contribution is 6.16. The molecule has 0 amide bonds. The summed E-state index contributed by atoms with van der Waals surface area (Å²) in [6.07, 6.45) is 1.10. The first-order valence-corrected chi connectivity index (χ1v) is 7.51. The second-order valence-electron chi connectivity index (χ2n) is 5.15. The molecule has 0 bridgehead atoms. The highest BCUT2D eigenvalue weighted by Gasteiger charge is 2.36. The number of rotatable bonds is 5. The number of carbonyl (C=O) groups is 2. The van der Waals surface area contributed by atoms with E-state index in [0.717, 1.165) is 6.08 Å². The molecular weight excluding hydrogens is 320 g/mol. The van der Waals surface area contributed by atoms with Gasteiger partial charge in [0, 0.05) is 6.08 Å². The molecule has 1 unspecified atom stereocenters. The minimum Gasteiger partial charge on any atom is -0.466 e. The molecule has 0 spiro atoms. The molecule has 0 aliphatic carbocycles. The van der Waals surface area contributed by atoms with Crippen LogP contribution in [0.5, 0.6) is 0 Å². The van der Waals surface area contributed by atoms with Crippen LogP contribution in [0, 0.1) is 0 Å². The van der Waals surface area contributed by atoms with Crippen LogP contribution in [-0.4, -0.2) is 31.3 Å². The van der Waals surface area contributed by atoms with Gasteiger partial charge in [-0.1, -0.05) is 60.7 Å². The average molecular weight is 338 g/mol. The minimum atomic E-state index is -2.08. The summed E-state index contributed by atoms with van der Waals surface area (Å²) < 4.78 is 9.48. The molecule has 128 valence electrons. The fourth-order valence-corrected chi connectivity index (χ4v) is 2.25. The topological polar surface area (TPSA) is 72.8 Å². The van der Waals surface area contributed by atoms with E-state index in [2.05, 4.69) is 5.73 Å². The second-order valence-corrected chi connectivity index (χ2v) is 5.15. The van der Waals surface area contributed by atoms with Gasteiger partial charge in [0.15, 0.2) is 0 Å². The molecule has 5 heteroatoms. The van der Waals surface area contributed by atoms with Crippen LogP contribution in [0.4, 0.5) is 0 Å². The number of ether oxygens (including phenoxy) is 2. The zero-order valence-corrected chi connectivity index (χ0v) is 13.9. The molecule has 2 aromatic carbocycles. The van der Waals surface area contributed by atoms with Crippen molar-refractivity contribution in [1.29, 1.82) is 0 Å². The van der Waals surface area contributed by atoms with Crippen LogP contribution >= 0.6 is 0 Å². The molecule has 0 heterocycles. The van der Waals surface area contributed by atoms with Gasteiger partial charge in [0.25, 0.3) is 0 Å². The summed E-state index contributed by atoms with van der Waals surface area (Å²) in [7, 11) is 2.42. The van der Waals surface area contributed by atoms with Gasteiger partial charge in [-0.05, 0) is 11.1 Å². The van der Waals surface area contributed by atoms with Crippen molar-refractivity contribution in [1.82, 2.24) is 0 Å². The number of esters is 2. The molecule has 0 aliphatic rings. The second kappa shape index (κ2) is 8.11. The van der Waals surface area contributed by atoms with E-state index in [1.165, 1.54) is 14.2 Å². The van der Waals surface area contributed by atoms with Crippen LogP contribution in [0.2, 0.25) is 0 Å². The smallest absolute Gasteiger partial charge is 0.347 e. The first-order chi connectivity index (χ1) is 12.0. The van der Waals surface area contributed by atoms with Gasteiger partial charge in [0.2, 0.25) is 5.60 Å². The van der Waals surface area contributed by atoms with Gasteiger partial charge in [-0.15, -0.1) is 5.73 Å². The highest BCUT2D eigenvalue weighted by Crippen LogP contribution is 2.25. The molecule has 0 saturated carbocycles. The molecule has 5 nitrogen and oxygen atoms in total. The number of methoxy groups -OCH3 is 2. The number of hydrogen-bond acceptors (Lipinski definition) is 5. The first kappa shape index (κ1) is 18.2. The van der Waals surface area contributed by atoms with Crippen molar-refractivity contribution < 1.29 is 24.2 Å². The Bertz CT molecular complexity index is 804. The molecular formula is C20H18O5. The molecule has 1 N–H and O–H groups in total. The molecule has 1 atom stereocenters. The maximum atomic E-state index is 12.2. The van der Waals surface area contributed by atoms with Crippen molar-refractivity contribution in [3.8, 4) is 0 Å². The minimum absolute atomic E-state index is 0.0846. The normalized spacial score (nSPS) is 12.3. The fraction of sp³-hybridized carbons (Fsp3) is 0.150. The van der Waals surface area contributed by atoms with Crippen LogP contribution in [0.25, 0.3) is 5.57 Å². The lowest BCUT2D eigenvalue weighted by Gasteiger charge is -2.21. The fourth-order valence-electron chi connectivity index (χ4n) is 2.25. The predicted molar refractivity (Wildman–Crippen MR) is 92.3 cm³/mol. The number of aliphatic hydroxyl groups is 1. The average Bonchev–Trinajstić information content (AvgIpc) is 2.68. The standard InChI is InChI=1S/C20H18O5/c1-24-18(21)17(15-9-5-3-6-10-15)13-14-20(23,19(22)25-2)16-11-7-4-8-12-16/h3-12,14,23H,1-2H3. The molecule has 0 aromatic heterocycles. The van der Waals surface area contributed by atoms with Crippen molar-refractivity contribution >= 4 is 17.5 Å². The highest BCUT2D eigenvalue weighted by atomic mass is 16.5. The van der Waals surface area contributed by atoms with Gasteiger partial charge in [0.05, 0.1) is 14.2 Å². The van der Waals surface area contributed by atoms with E-state index in [4.69, 9.17) is 9.47 Å². The zero-order valence-electron chi connectivity index (χ0n) is 13.9. The Morgan fingerprint density at radius 1 is 0.960 bits per heavy atom. The third-order valence-electron chi connectivity index (χ3n) is 3.59. The van der Waals surface area contributed by atoms with E-state index < -0.39 is 17.5 Å². The van der Waals surface area contributed by atoms with Gasteiger partial charge < -0.3 is 14.6 Å². The third-order valence-corrected chi connectivity index (χ3v) is 3.59. The monoisotopic (exact) mass is 338 g/mol. The van der Waals surface area contributed by atoms with Gasteiger partial charge in [-0.3, -0.25) is 0 Å². The van der Waals surface area contributed by atoms with Crippen LogP contribution in [0.15, 0.2) is 72.5 Å². The lowest BCUT2D eigenvalue weighted by Crippen LogP contribution is -2.34. The summed E-state index contributed by atoms with van der Waals surface area (Å²) in [6.45, 7) is 0. The van der Waals surface area contributed by atoms with Crippen molar-refractivity contribution in [2.75, 3.05) is 14.2 Å². The first-order valence-electron chi connectivity index (χ1n) is 7.51. The summed E-state index contributed by atoms with van der Waals surface area (Å²) >= 11 is 0. The Balaban J connectivity index is 2.63. The van der Waals surface area contributed by atoms with E-state index in [1.54, 1.807) is 60.7 Å². The van der Waals surface area contributed by atoms with Crippen molar-refractivity contribution in [3.63, 3.8) is 0 Å². The maximum Gasteiger partial charge on any atom is 0.347 e. The zero-order chi connectivity index (χ0) is 18.3. The molecule has 2 rings (SSSR count). The van der Waals surface area contributed by atoms with Gasteiger partial charge in [0.1, 0.15) is 5.57 Å². The molecule has 25 heavy (non-hydrogen) atoms. The van der Waals surface area contributed by atoms with Crippen LogP contribution < -0.4 is 0 Å². The van der Waals surface area contributed by atoms with E-state index in [9.17, 15) is 14.7 Å². The van der Waals surface area contributed by atoms with Gasteiger partial charge >= 0.3 is 11.9 Å². The number of carbonyl (C=O) groups excluding carboxylic acids is 2. The molecule has 0 saturated heterocycles. The lowest BCUT2D eigenvalue weighted by atomic mass is 9.93. The summed E-state index contributed by atoms with van der Waals surface area (Å²) in [5, 5.41) is 10.8. The van der Waals surface area contributed by atoms with E-state index in [0.29, 0.717) is 11.1 Å². The number of benzene rings is 2. The molecule has 0 aliphatic heterocycles. The van der Waals surface area contributed by atoms with Crippen LogP contribution in [0.3, 0.4) is 0 Å². The Kier molecular flexibility index (Phi) is 5.90. The van der Waals surface area contributed by atoms with Crippen molar-refractivity contribution in [2.45, 2.75) is 5.60 Å².